The Labute approximate surface area is 126 Å². The van der Waals surface area contributed by atoms with Gasteiger partial charge in [-0.3, -0.25) is 4.79 Å². The molecule has 0 saturated carbocycles. The van der Waals surface area contributed by atoms with E-state index in [1.54, 1.807) is 30.3 Å². The predicted molar refractivity (Wildman–Crippen MR) is 81.1 cm³/mol. The minimum absolute atomic E-state index is 0.155. The van der Waals surface area contributed by atoms with Gasteiger partial charge in [-0.2, -0.15) is 0 Å². The highest BCUT2D eigenvalue weighted by Crippen LogP contribution is 2.38. The van der Waals surface area contributed by atoms with Crippen LogP contribution in [-0.4, -0.2) is 12.7 Å². The number of nitrogens with two attached hydrogens (primary N) is 1. The zero-order chi connectivity index (χ0) is 15.0. The monoisotopic (exact) mass is 304 g/mol. The molecular weight excluding hydrogens is 292 g/mol. The number of amides is 1. The molecule has 1 heterocycles. The lowest BCUT2D eigenvalue weighted by molar-refractivity contribution is 0.102. The molecule has 1 aliphatic heterocycles. The first-order chi connectivity index (χ1) is 10.0. The molecule has 3 rings (SSSR count). The van der Waals surface area contributed by atoms with Crippen LogP contribution in [0, 0.1) is 6.92 Å². The summed E-state index contributed by atoms with van der Waals surface area (Å²) in [6.45, 7) is 2.00. The lowest BCUT2D eigenvalue weighted by Gasteiger charge is -2.10. The maximum Gasteiger partial charge on any atom is 0.255 e. The van der Waals surface area contributed by atoms with E-state index < -0.39 is 0 Å². The van der Waals surface area contributed by atoms with Gasteiger partial charge in [0.2, 0.25) is 6.79 Å². The van der Waals surface area contributed by atoms with Crippen LogP contribution in [-0.2, 0) is 0 Å². The van der Waals surface area contributed by atoms with E-state index >= 15 is 0 Å². The van der Waals surface area contributed by atoms with Crippen molar-refractivity contribution in [3.8, 4) is 11.5 Å². The van der Waals surface area contributed by atoms with Crippen molar-refractivity contribution in [2.45, 2.75) is 6.92 Å². The number of aryl methyl sites for hydroxylation is 1. The van der Waals surface area contributed by atoms with Crippen LogP contribution >= 0.6 is 11.6 Å². The normalized spacial score (nSPS) is 12.3. The van der Waals surface area contributed by atoms with Crippen molar-refractivity contribution in [2.24, 2.45) is 0 Å². The van der Waals surface area contributed by atoms with Gasteiger partial charge in [0.1, 0.15) is 0 Å². The minimum atomic E-state index is -0.264. The van der Waals surface area contributed by atoms with Gasteiger partial charge in [0.05, 0.1) is 11.4 Å². The molecule has 0 unspecified atom stereocenters. The van der Waals surface area contributed by atoms with Crippen LogP contribution in [0.1, 0.15) is 15.9 Å². The van der Waals surface area contributed by atoms with Gasteiger partial charge in [0.15, 0.2) is 11.5 Å². The van der Waals surface area contributed by atoms with E-state index in [9.17, 15) is 4.79 Å². The van der Waals surface area contributed by atoms with E-state index in [-0.39, 0.29) is 12.7 Å². The molecule has 2 aromatic carbocycles. The van der Waals surface area contributed by atoms with Crippen molar-refractivity contribution in [3.63, 3.8) is 0 Å². The number of hydrogen-bond donors (Lipinski definition) is 2. The first kappa shape index (κ1) is 13.6. The van der Waals surface area contributed by atoms with Gasteiger partial charge < -0.3 is 20.5 Å². The van der Waals surface area contributed by atoms with E-state index in [4.69, 9.17) is 26.8 Å². The number of nitrogen functional groups attached to an aromatic ring is 1. The van der Waals surface area contributed by atoms with Crippen LogP contribution in [0.5, 0.6) is 11.5 Å². The van der Waals surface area contributed by atoms with Crippen molar-refractivity contribution in [1.82, 2.24) is 0 Å². The standard InChI is InChI=1S/C15H13ClN2O3/c1-8-4-9(2-3-10(8)16)15(19)18-12-6-14-13(5-11(12)17)20-7-21-14/h2-6H,7,17H2,1H3,(H,18,19). The lowest BCUT2D eigenvalue weighted by atomic mass is 10.1. The van der Waals surface area contributed by atoms with Crippen LogP contribution in [0.15, 0.2) is 30.3 Å². The van der Waals surface area contributed by atoms with E-state index in [0.29, 0.717) is 33.5 Å². The van der Waals surface area contributed by atoms with Crippen molar-refractivity contribution < 1.29 is 14.3 Å². The number of anilines is 2. The zero-order valence-corrected chi connectivity index (χ0v) is 12.0. The van der Waals surface area contributed by atoms with Gasteiger partial charge >= 0.3 is 0 Å². The molecule has 0 fully saturated rings. The molecule has 0 bridgehead atoms. The molecule has 0 aliphatic carbocycles. The maximum atomic E-state index is 12.2. The fraction of sp³-hybridized carbons (Fsp3) is 0.133. The molecule has 2 aromatic rings. The second-order valence-electron chi connectivity index (χ2n) is 4.71. The SMILES string of the molecule is Cc1cc(C(=O)Nc2cc3c(cc2N)OCO3)ccc1Cl. The molecule has 6 heteroatoms. The smallest absolute Gasteiger partial charge is 0.255 e. The Morgan fingerprint density at radius 1 is 1.24 bits per heavy atom. The zero-order valence-electron chi connectivity index (χ0n) is 11.3. The molecule has 0 atom stereocenters. The van der Waals surface area contributed by atoms with Crippen LogP contribution in [0.25, 0.3) is 0 Å². The third-order valence-corrected chi connectivity index (χ3v) is 3.64. The minimum Gasteiger partial charge on any atom is -0.454 e. The Bertz CT molecular complexity index is 731. The van der Waals surface area contributed by atoms with Crippen molar-refractivity contribution in [3.05, 3.63) is 46.5 Å². The largest absolute Gasteiger partial charge is 0.454 e. The second-order valence-corrected chi connectivity index (χ2v) is 5.12. The van der Waals surface area contributed by atoms with Crippen molar-refractivity contribution >= 4 is 28.9 Å². The molecule has 108 valence electrons. The number of ether oxygens (including phenoxy) is 2. The Balaban J connectivity index is 1.86. The van der Waals surface area contributed by atoms with Gasteiger partial charge in [0, 0.05) is 22.7 Å². The summed E-state index contributed by atoms with van der Waals surface area (Å²) in [6.07, 6.45) is 0. The highest BCUT2D eigenvalue weighted by atomic mass is 35.5. The maximum absolute atomic E-state index is 12.2. The number of carbonyl (C=O) groups is 1. The number of hydrogen-bond acceptors (Lipinski definition) is 4. The Kier molecular flexibility index (Phi) is 3.35. The van der Waals surface area contributed by atoms with Gasteiger partial charge in [-0.25, -0.2) is 0 Å². The first-order valence-electron chi connectivity index (χ1n) is 6.31. The molecule has 1 aliphatic rings. The quantitative estimate of drug-likeness (QED) is 0.836. The number of fused-ring (bicyclic) bond motifs is 1. The Hall–Kier alpha value is -2.40. The summed E-state index contributed by atoms with van der Waals surface area (Å²) in [6, 6.07) is 8.35. The Morgan fingerprint density at radius 2 is 1.95 bits per heavy atom. The average molecular weight is 305 g/mol. The number of nitrogens with one attached hydrogen (secondary N) is 1. The van der Waals surface area contributed by atoms with E-state index in [1.807, 2.05) is 6.92 Å². The topological polar surface area (TPSA) is 73.6 Å². The number of carbonyl (C=O) groups excluding carboxylic acids is 1. The summed E-state index contributed by atoms with van der Waals surface area (Å²) in [4.78, 5) is 12.2. The fourth-order valence-electron chi connectivity index (χ4n) is 2.05. The molecule has 5 nitrogen and oxygen atoms in total. The highest BCUT2D eigenvalue weighted by molar-refractivity contribution is 6.31. The van der Waals surface area contributed by atoms with E-state index in [2.05, 4.69) is 5.32 Å². The summed E-state index contributed by atoms with van der Waals surface area (Å²) in [7, 11) is 0. The third kappa shape index (κ3) is 2.60. The van der Waals surface area contributed by atoms with Crippen LogP contribution in [0.3, 0.4) is 0 Å². The summed E-state index contributed by atoms with van der Waals surface area (Å²) in [5.74, 6) is 0.875. The second kappa shape index (κ2) is 5.18. The number of benzene rings is 2. The van der Waals surface area contributed by atoms with Crippen molar-refractivity contribution in [2.75, 3.05) is 17.8 Å². The molecule has 0 spiro atoms. The summed E-state index contributed by atoms with van der Waals surface area (Å²) in [5.41, 5.74) is 8.15. The highest BCUT2D eigenvalue weighted by Gasteiger charge is 2.17. The van der Waals surface area contributed by atoms with Crippen LogP contribution in [0.4, 0.5) is 11.4 Å². The Morgan fingerprint density at radius 3 is 2.67 bits per heavy atom. The molecule has 0 radical (unpaired) electrons. The van der Waals surface area contributed by atoms with Crippen LogP contribution < -0.4 is 20.5 Å². The molecule has 0 aromatic heterocycles. The summed E-state index contributed by atoms with van der Waals surface area (Å²) < 4.78 is 10.5. The van der Waals surface area contributed by atoms with Crippen molar-refractivity contribution in [1.29, 1.82) is 0 Å². The molecule has 21 heavy (non-hydrogen) atoms. The predicted octanol–water partition coefficient (Wildman–Crippen LogP) is 3.21. The third-order valence-electron chi connectivity index (χ3n) is 3.21. The van der Waals surface area contributed by atoms with Gasteiger partial charge in [0.25, 0.3) is 5.91 Å². The number of rotatable bonds is 2. The first-order valence-corrected chi connectivity index (χ1v) is 6.69. The molecule has 1 amide bonds. The molecule has 0 saturated heterocycles. The molecular formula is C15H13ClN2O3. The van der Waals surface area contributed by atoms with E-state index in [1.165, 1.54) is 0 Å². The van der Waals surface area contributed by atoms with Gasteiger partial charge in [-0.05, 0) is 30.7 Å². The van der Waals surface area contributed by atoms with Gasteiger partial charge in [-0.1, -0.05) is 11.6 Å². The average Bonchev–Trinajstić information content (AvgIpc) is 2.89. The summed E-state index contributed by atoms with van der Waals surface area (Å²) >= 11 is 5.95. The van der Waals surface area contributed by atoms with E-state index in [0.717, 1.165) is 5.56 Å². The lowest BCUT2D eigenvalue weighted by Crippen LogP contribution is -2.13. The van der Waals surface area contributed by atoms with Crippen LogP contribution in [0.2, 0.25) is 5.02 Å². The summed E-state index contributed by atoms with van der Waals surface area (Å²) in [5, 5.41) is 3.38. The number of halogens is 1. The van der Waals surface area contributed by atoms with Gasteiger partial charge in [-0.15, -0.1) is 0 Å². The molecule has 3 N–H and O–H groups in total. The fourth-order valence-corrected chi connectivity index (χ4v) is 2.16.